The minimum Gasteiger partial charge on any atom is -0.347 e. The van der Waals surface area contributed by atoms with Crippen LogP contribution in [0.4, 0.5) is 5.69 Å². The van der Waals surface area contributed by atoms with Crippen LogP contribution in [0, 0.1) is 13.8 Å². The maximum absolute atomic E-state index is 12.0. The summed E-state index contributed by atoms with van der Waals surface area (Å²) >= 11 is 5.82. The molecule has 0 fully saturated rings. The first kappa shape index (κ1) is 18.0. The van der Waals surface area contributed by atoms with Crippen LogP contribution in [-0.2, 0) is 16.0 Å². The molecule has 0 aliphatic carbocycles. The highest BCUT2D eigenvalue weighted by atomic mass is 35.5. The fourth-order valence-corrected chi connectivity index (χ4v) is 2.50. The maximum Gasteiger partial charge on any atom is 0.243 e. The normalized spacial score (nSPS) is 10.3. The number of benzene rings is 2. The Morgan fingerprint density at radius 2 is 1.58 bits per heavy atom. The van der Waals surface area contributed by atoms with Gasteiger partial charge in [-0.25, -0.2) is 0 Å². The molecule has 0 atom stereocenters. The number of aryl methyl sites for hydroxylation is 3. The van der Waals surface area contributed by atoms with Gasteiger partial charge in [-0.05, 0) is 49.1 Å². The Morgan fingerprint density at radius 1 is 0.958 bits per heavy atom. The summed E-state index contributed by atoms with van der Waals surface area (Å²) in [5, 5.41) is 6.16. The molecule has 2 aromatic rings. The zero-order chi connectivity index (χ0) is 17.5. The predicted octanol–water partition coefficient (Wildman–Crippen LogP) is 3.64. The van der Waals surface area contributed by atoms with E-state index in [0.29, 0.717) is 17.9 Å². The SMILES string of the molecule is Cc1cccc(C)c1NC(=O)CNC(=O)CCc1ccc(Cl)cc1. The molecule has 0 unspecified atom stereocenters. The van der Waals surface area contributed by atoms with E-state index in [-0.39, 0.29) is 18.4 Å². The van der Waals surface area contributed by atoms with E-state index >= 15 is 0 Å². The fraction of sp³-hybridized carbons (Fsp3) is 0.263. The number of anilines is 1. The lowest BCUT2D eigenvalue weighted by atomic mass is 10.1. The Balaban J connectivity index is 1.77. The number of amides is 2. The Kier molecular flexibility index (Phi) is 6.38. The van der Waals surface area contributed by atoms with Gasteiger partial charge in [0, 0.05) is 17.1 Å². The second-order valence-electron chi connectivity index (χ2n) is 5.72. The number of hydrogen-bond acceptors (Lipinski definition) is 2. The molecular weight excluding hydrogens is 324 g/mol. The van der Waals surface area contributed by atoms with Crippen LogP contribution in [0.25, 0.3) is 0 Å². The van der Waals surface area contributed by atoms with Gasteiger partial charge in [-0.3, -0.25) is 9.59 Å². The molecule has 126 valence electrons. The van der Waals surface area contributed by atoms with Crippen LogP contribution >= 0.6 is 11.6 Å². The summed E-state index contributed by atoms with van der Waals surface area (Å²) in [5.41, 5.74) is 3.84. The topological polar surface area (TPSA) is 58.2 Å². The molecule has 0 saturated heterocycles. The van der Waals surface area contributed by atoms with Crippen LogP contribution in [0.3, 0.4) is 0 Å². The number of nitrogens with one attached hydrogen (secondary N) is 2. The summed E-state index contributed by atoms with van der Waals surface area (Å²) in [6.45, 7) is 3.84. The second-order valence-corrected chi connectivity index (χ2v) is 6.15. The molecule has 5 heteroatoms. The molecule has 0 heterocycles. The monoisotopic (exact) mass is 344 g/mol. The van der Waals surface area contributed by atoms with E-state index in [9.17, 15) is 9.59 Å². The number of para-hydroxylation sites is 1. The summed E-state index contributed by atoms with van der Waals surface area (Å²) in [5.74, 6) is -0.381. The largest absolute Gasteiger partial charge is 0.347 e. The predicted molar refractivity (Wildman–Crippen MR) is 97.3 cm³/mol. The van der Waals surface area contributed by atoms with E-state index in [1.54, 1.807) is 12.1 Å². The van der Waals surface area contributed by atoms with Gasteiger partial charge in [0.15, 0.2) is 0 Å². The lowest BCUT2D eigenvalue weighted by Crippen LogP contribution is -2.33. The van der Waals surface area contributed by atoms with Crippen LogP contribution in [0.1, 0.15) is 23.1 Å². The van der Waals surface area contributed by atoms with Gasteiger partial charge in [0.1, 0.15) is 0 Å². The van der Waals surface area contributed by atoms with E-state index in [2.05, 4.69) is 10.6 Å². The fourth-order valence-electron chi connectivity index (χ4n) is 2.37. The number of carbonyl (C=O) groups excluding carboxylic acids is 2. The smallest absolute Gasteiger partial charge is 0.243 e. The average molecular weight is 345 g/mol. The first-order chi connectivity index (χ1) is 11.5. The van der Waals surface area contributed by atoms with Gasteiger partial charge in [-0.2, -0.15) is 0 Å². The molecule has 2 rings (SSSR count). The van der Waals surface area contributed by atoms with E-state index in [4.69, 9.17) is 11.6 Å². The highest BCUT2D eigenvalue weighted by Gasteiger charge is 2.09. The van der Waals surface area contributed by atoms with Crippen molar-refractivity contribution in [3.05, 3.63) is 64.2 Å². The van der Waals surface area contributed by atoms with Crippen molar-refractivity contribution >= 4 is 29.1 Å². The number of rotatable bonds is 6. The molecule has 2 N–H and O–H groups in total. The summed E-state index contributed by atoms with van der Waals surface area (Å²) < 4.78 is 0. The summed E-state index contributed by atoms with van der Waals surface area (Å²) in [6.07, 6.45) is 0.944. The molecule has 2 aromatic carbocycles. The molecule has 0 aliphatic heterocycles. The van der Waals surface area contributed by atoms with Gasteiger partial charge in [0.25, 0.3) is 0 Å². The van der Waals surface area contributed by atoms with Crippen LogP contribution in [0.5, 0.6) is 0 Å². The van der Waals surface area contributed by atoms with Crippen LogP contribution in [0.2, 0.25) is 5.02 Å². The van der Waals surface area contributed by atoms with Gasteiger partial charge in [-0.15, -0.1) is 0 Å². The summed E-state index contributed by atoms with van der Waals surface area (Å²) in [4.78, 5) is 23.8. The third-order valence-electron chi connectivity index (χ3n) is 3.75. The van der Waals surface area contributed by atoms with E-state index < -0.39 is 0 Å². The van der Waals surface area contributed by atoms with Gasteiger partial charge in [-0.1, -0.05) is 41.9 Å². The van der Waals surface area contributed by atoms with Crippen molar-refractivity contribution in [1.29, 1.82) is 0 Å². The summed E-state index contributed by atoms with van der Waals surface area (Å²) in [7, 11) is 0. The van der Waals surface area contributed by atoms with Crippen LogP contribution in [0.15, 0.2) is 42.5 Å². The maximum atomic E-state index is 12.0. The third-order valence-corrected chi connectivity index (χ3v) is 4.00. The van der Waals surface area contributed by atoms with E-state index in [0.717, 1.165) is 22.4 Å². The lowest BCUT2D eigenvalue weighted by molar-refractivity contribution is -0.124. The first-order valence-corrected chi connectivity index (χ1v) is 8.20. The van der Waals surface area contributed by atoms with Crippen molar-refractivity contribution in [1.82, 2.24) is 5.32 Å². The Hall–Kier alpha value is -2.33. The van der Waals surface area contributed by atoms with Gasteiger partial charge >= 0.3 is 0 Å². The zero-order valence-corrected chi connectivity index (χ0v) is 14.6. The molecule has 24 heavy (non-hydrogen) atoms. The zero-order valence-electron chi connectivity index (χ0n) is 13.9. The van der Waals surface area contributed by atoms with Gasteiger partial charge in [0.2, 0.25) is 11.8 Å². The number of hydrogen-bond donors (Lipinski definition) is 2. The van der Waals surface area contributed by atoms with E-state index in [1.807, 2.05) is 44.2 Å². The lowest BCUT2D eigenvalue weighted by Gasteiger charge is -2.12. The molecule has 0 aliphatic rings. The molecule has 0 spiro atoms. The van der Waals surface area contributed by atoms with Gasteiger partial charge in [0.05, 0.1) is 6.54 Å². The van der Waals surface area contributed by atoms with Crippen molar-refractivity contribution in [3.63, 3.8) is 0 Å². The van der Waals surface area contributed by atoms with Gasteiger partial charge < -0.3 is 10.6 Å². The Labute approximate surface area is 147 Å². The standard InChI is InChI=1S/C19H21ClN2O2/c1-13-4-3-5-14(2)19(13)22-18(24)12-21-17(23)11-8-15-6-9-16(20)10-7-15/h3-7,9-10H,8,11-12H2,1-2H3,(H,21,23)(H,22,24). The molecule has 0 bridgehead atoms. The minimum atomic E-state index is -0.229. The molecule has 0 saturated carbocycles. The third kappa shape index (κ3) is 5.39. The van der Waals surface area contributed by atoms with Crippen molar-refractivity contribution in [2.24, 2.45) is 0 Å². The molecular formula is C19H21ClN2O2. The summed E-state index contributed by atoms with van der Waals surface area (Å²) in [6, 6.07) is 13.2. The number of halogens is 1. The number of carbonyl (C=O) groups is 2. The van der Waals surface area contributed by atoms with Crippen LogP contribution in [-0.4, -0.2) is 18.4 Å². The Morgan fingerprint density at radius 3 is 2.21 bits per heavy atom. The van der Waals surface area contributed by atoms with Crippen molar-refractivity contribution in [2.45, 2.75) is 26.7 Å². The van der Waals surface area contributed by atoms with Crippen molar-refractivity contribution in [2.75, 3.05) is 11.9 Å². The van der Waals surface area contributed by atoms with Crippen molar-refractivity contribution in [3.8, 4) is 0 Å². The first-order valence-electron chi connectivity index (χ1n) is 7.83. The molecule has 4 nitrogen and oxygen atoms in total. The second kappa shape index (κ2) is 8.50. The highest BCUT2D eigenvalue weighted by molar-refractivity contribution is 6.30. The minimum absolute atomic E-state index is 0.0345. The average Bonchev–Trinajstić information content (AvgIpc) is 2.56. The molecule has 0 radical (unpaired) electrons. The highest BCUT2D eigenvalue weighted by Crippen LogP contribution is 2.19. The van der Waals surface area contributed by atoms with Crippen LogP contribution < -0.4 is 10.6 Å². The Bertz CT molecular complexity index is 706. The van der Waals surface area contributed by atoms with Crippen molar-refractivity contribution < 1.29 is 9.59 Å². The quantitative estimate of drug-likeness (QED) is 0.840. The van der Waals surface area contributed by atoms with E-state index in [1.165, 1.54) is 0 Å². The molecule has 0 aromatic heterocycles. The molecule has 2 amide bonds.